The predicted octanol–water partition coefficient (Wildman–Crippen LogP) is 2.10. The van der Waals surface area contributed by atoms with Gasteiger partial charge in [-0.3, -0.25) is 4.90 Å². The number of methoxy groups -OCH3 is 1. The summed E-state index contributed by atoms with van der Waals surface area (Å²) in [5, 5.41) is 9.95. The van der Waals surface area contributed by atoms with Gasteiger partial charge in [0, 0.05) is 6.04 Å². The second kappa shape index (κ2) is 7.21. The van der Waals surface area contributed by atoms with Gasteiger partial charge in [-0.15, -0.1) is 0 Å². The Balaban J connectivity index is 1.73. The van der Waals surface area contributed by atoms with E-state index >= 15 is 0 Å². The summed E-state index contributed by atoms with van der Waals surface area (Å²) in [6.07, 6.45) is 1.62. The molecule has 0 aromatic heterocycles. The average molecular weight is 333 g/mol. The van der Waals surface area contributed by atoms with Gasteiger partial charge in [0.2, 0.25) is 0 Å². The predicted molar refractivity (Wildman–Crippen MR) is 86.0 cm³/mol. The Kier molecular flexibility index (Phi) is 5.04. The van der Waals surface area contributed by atoms with Crippen molar-refractivity contribution in [3.8, 4) is 0 Å². The zero-order valence-corrected chi connectivity index (χ0v) is 13.8. The maximum Gasteiger partial charge on any atom is 0.411 e. The van der Waals surface area contributed by atoms with Gasteiger partial charge < -0.3 is 14.6 Å². The fourth-order valence-electron chi connectivity index (χ4n) is 3.84. The normalized spacial score (nSPS) is 29.0. The molecule has 1 heterocycles. The molecule has 2 aliphatic rings. The molecule has 4 atom stereocenters. The van der Waals surface area contributed by atoms with E-state index in [0.717, 1.165) is 12.0 Å². The van der Waals surface area contributed by atoms with Crippen LogP contribution in [0.1, 0.15) is 31.2 Å². The number of amides is 1. The van der Waals surface area contributed by atoms with Crippen molar-refractivity contribution in [1.29, 1.82) is 0 Å². The van der Waals surface area contributed by atoms with E-state index in [1.807, 2.05) is 30.3 Å². The fourth-order valence-corrected chi connectivity index (χ4v) is 3.84. The number of aliphatic hydroxyl groups is 1. The molecule has 1 saturated carbocycles. The first-order valence-corrected chi connectivity index (χ1v) is 8.35. The molecule has 1 aromatic carbocycles. The lowest BCUT2D eigenvalue weighted by molar-refractivity contribution is -0.146. The molecular weight excluding hydrogens is 310 g/mol. The van der Waals surface area contributed by atoms with Crippen LogP contribution in [-0.4, -0.2) is 47.4 Å². The molecule has 1 aliphatic heterocycles. The minimum Gasteiger partial charge on any atom is -0.467 e. The number of fused-ring (bicyclic) bond motifs is 1. The Bertz CT molecular complexity index is 590. The molecule has 24 heavy (non-hydrogen) atoms. The number of benzene rings is 1. The number of hydrogen-bond acceptors (Lipinski definition) is 5. The van der Waals surface area contributed by atoms with E-state index in [1.165, 1.54) is 12.0 Å². The van der Waals surface area contributed by atoms with Crippen molar-refractivity contribution in [3.63, 3.8) is 0 Å². The number of esters is 1. The first-order chi connectivity index (χ1) is 11.6. The molecule has 1 aliphatic carbocycles. The number of carbonyl (C=O) groups excluding carboxylic acids is 2. The third kappa shape index (κ3) is 3.38. The van der Waals surface area contributed by atoms with E-state index in [1.54, 1.807) is 0 Å². The first kappa shape index (κ1) is 16.8. The van der Waals surface area contributed by atoms with Crippen LogP contribution >= 0.6 is 0 Å². The van der Waals surface area contributed by atoms with E-state index < -0.39 is 24.2 Å². The van der Waals surface area contributed by atoms with Crippen molar-refractivity contribution in [2.24, 2.45) is 5.92 Å². The molecule has 6 nitrogen and oxygen atoms in total. The highest BCUT2D eigenvalue weighted by atomic mass is 16.6. The molecule has 1 amide bonds. The zero-order chi connectivity index (χ0) is 17.1. The minimum atomic E-state index is -0.626. The van der Waals surface area contributed by atoms with Gasteiger partial charge in [0.1, 0.15) is 12.6 Å². The summed E-state index contributed by atoms with van der Waals surface area (Å²) in [6, 6.07) is 8.62. The van der Waals surface area contributed by atoms with Gasteiger partial charge in [-0.2, -0.15) is 0 Å². The molecule has 0 radical (unpaired) electrons. The van der Waals surface area contributed by atoms with Crippen LogP contribution in [0.5, 0.6) is 0 Å². The number of likely N-dealkylation sites (tertiary alicyclic amines) is 1. The van der Waals surface area contributed by atoms with E-state index in [0.29, 0.717) is 19.3 Å². The maximum atomic E-state index is 12.6. The van der Waals surface area contributed by atoms with Crippen molar-refractivity contribution >= 4 is 12.1 Å². The van der Waals surface area contributed by atoms with Crippen LogP contribution < -0.4 is 0 Å². The molecule has 0 spiro atoms. The smallest absolute Gasteiger partial charge is 0.411 e. The van der Waals surface area contributed by atoms with E-state index in [9.17, 15) is 14.7 Å². The lowest BCUT2D eigenvalue weighted by Crippen LogP contribution is -2.48. The zero-order valence-electron chi connectivity index (χ0n) is 13.8. The van der Waals surface area contributed by atoms with E-state index in [2.05, 4.69) is 0 Å². The monoisotopic (exact) mass is 333 g/mol. The Morgan fingerprint density at radius 2 is 1.96 bits per heavy atom. The minimum absolute atomic E-state index is 0.157. The van der Waals surface area contributed by atoms with Gasteiger partial charge in [0.15, 0.2) is 0 Å². The van der Waals surface area contributed by atoms with E-state index in [4.69, 9.17) is 9.47 Å². The number of rotatable bonds is 3. The van der Waals surface area contributed by atoms with E-state index in [-0.39, 0.29) is 18.6 Å². The number of carbonyl (C=O) groups is 2. The standard InChI is InChI=1S/C18H23NO5/c1-23-17(21)16-9-13-7-8-14(20)10-15(13)19(16)18(22)24-11-12-5-3-2-4-6-12/h2-6,13-16,20H,7-11H2,1H3/t13-,14-,15-,16+/m1/s1. The summed E-state index contributed by atoms with van der Waals surface area (Å²) in [6.45, 7) is 0.157. The average Bonchev–Trinajstić information content (AvgIpc) is 2.98. The Morgan fingerprint density at radius 3 is 2.67 bits per heavy atom. The van der Waals surface area contributed by atoms with Crippen molar-refractivity contribution in [2.75, 3.05) is 7.11 Å². The number of ether oxygens (including phenoxy) is 2. The lowest BCUT2D eigenvalue weighted by Gasteiger charge is -2.34. The Labute approximate surface area is 141 Å². The molecule has 0 bridgehead atoms. The SMILES string of the molecule is COC(=O)[C@@H]1C[C@H]2CC[C@@H](O)C[C@H]2N1C(=O)OCc1ccccc1. The van der Waals surface area contributed by atoms with Crippen molar-refractivity contribution in [3.05, 3.63) is 35.9 Å². The molecule has 130 valence electrons. The van der Waals surface area contributed by atoms with Gasteiger partial charge in [-0.1, -0.05) is 30.3 Å². The van der Waals surface area contributed by atoms with Gasteiger partial charge in [-0.05, 0) is 37.2 Å². The van der Waals surface area contributed by atoms with Crippen LogP contribution in [0.4, 0.5) is 4.79 Å². The molecule has 0 unspecified atom stereocenters. The van der Waals surface area contributed by atoms with Crippen LogP contribution in [0.15, 0.2) is 30.3 Å². The van der Waals surface area contributed by atoms with Gasteiger partial charge in [0.05, 0.1) is 13.2 Å². The van der Waals surface area contributed by atoms with Crippen molar-refractivity contribution < 1.29 is 24.2 Å². The van der Waals surface area contributed by atoms with Gasteiger partial charge in [0.25, 0.3) is 0 Å². The van der Waals surface area contributed by atoms with Crippen LogP contribution in [0.3, 0.4) is 0 Å². The van der Waals surface area contributed by atoms with Crippen LogP contribution in [0.25, 0.3) is 0 Å². The second-order valence-corrected chi connectivity index (χ2v) is 6.52. The quantitative estimate of drug-likeness (QED) is 0.857. The summed E-state index contributed by atoms with van der Waals surface area (Å²) in [5.41, 5.74) is 0.889. The maximum absolute atomic E-state index is 12.6. The molecular formula is C18H23NO5. The summed E-state index contributed by atoms with van der Waals surface area (Å²) in [4.78, 5) is 26.2. The molecule has 1 aromatic rings. The molecule has 6 heteroatoms. The highest BCUT2D eigenvalue weighted by Crippen LogP contribution is 2.40. The third-order valence-corrected chi connectivity index (χ3v) is 5.04. The molecule has 3 rings (SSSR count). The topological polar surface area (TPSA) is 76.1 Å². The van der Waals surface area contributed by atoms with Crippen molar-refractivity contribution in [2.45, 2.75) is 50.5 Å². The number of hydrogen-bond donors (Lipinski definition) is 1. The Hall–Kier alpha value is -2.08. The summed E-state index contributed by atoms with van der Waals surface area (Å²) < 4.78 is 10.3. The lowest BCUT2D eigenvalue weighted by atomic mass is 9.83. The molecule has 1 saturated heterocycles. The van der Waals surface area contributed by atoms with Crippen LogP contribution in [-0.2, 0) is 20.9 Å². The van der Waals surface area contributed by atoms with Crippen LogP contribution in [0.2, 0.25) is 0 Å². The van der Waals surface area contributed by atoms with Gasteiger partial charge in [-0.25, -0.2) is 9.59 Å². The second-order valence-electron chi connectivity index (χ2n) is 6.52. The largest absolute Gasteiger partial charge is 0.467 e. The summed E-state index contributed by atoms with van der Waals surface area (Å²) in [7, 11) is 1.33. The van der Waals surface area contributed by atoms with Gasteiger partial charge >= 0.3 is 12.1 Å². The highest BCUT2D eigenvalue weighted by Gasteiger charge is 2.50. The number of nitrogens with zero attached hydrogens (tertiary/aromatic N) is 1. The number of aliphatic hydroxyl groups excluding tert-OH is 1. The third-order valence-electron chi connectivity index (χ3n) is 5.04. The fraction of sp³-hybridized carbons (Fsp3) is 0.556. The molecule has 2 fully saturated rings. The summed E-state index contributed by atoms with van der Waals surface area (Å²) in [5.74, 6) is -0.211. The van der Waals surface area contributed by atoms with Crippen LogP contribution in [0, 0.1) is 5.92 Å². The Morgan fingerprint density at radius 1 is 1.21 bits per heavy atom. The summed E-state index contributed by atoms with van der Waals surface area (Å²) >= 11 is 0. The first-order valence-electron chi connectivity index (χ1n) is 8.35. The van der Waals surface area contributed by atoms with Crippen molar-refractivity contribution in [1.82, 2.24) is 4.90 Å². The molecule has 1 N–H and O–H groups in total. The highest BCUT2D eigenvalue weighted by molar-refractivity contribution is 5.82.